The summed E-state index contributed by atoms with van der Waals surface area (Å²) >= 11 is 5.91. The zero-order chi connectivity index (χ0) is 15.1. The summed E-state index contributed by atoms with van der Waals surface area (Å²) in [5, 5.41) is 7.02. The fourth-order valence-electron chi connectivity index (χ4n) is 2.65. The van der Waals surface area contributed by atoms with Crippen LogP contribution in [0.1, 0.15) is 26.2 Å². The van der Waals surface area contributed by atoms with Crippen molar-refractivity contribution < 1.29 is 4.79 Å². The predicted octanol–water partition coefficient (Wildman–Crippen LogP) is 2.74. The summed E-state index contributed by atoms with van der Waals surface area (Å²) in [6.45, 7) is 6.06. The summed E-state index contributed by atoms with van der Waals surface area (Å²) in [5.74, 6) is 0.0371. The zero-order valence-electron chi connectivity index (χ0n) is 12.6. The molecule has 21 heavy (non-hydrogen) atoms. The highest BCUT2D eigenvalue weighted by Gasteiger charge is 2.17. The number of hydrogen-bond donors (Lipinski definition) is 2. The van der Waals surface area contributed by atoms with Gasteiger partial charge in [-0.15, -0.1) is 0 Å². The van der Waals surface area contributed by atoms with Crippen LogP contribution in [0.3, 0.4) is 0 Å². The highest BCUT2D eigenvalue weighted by molar-refractivity contribution is 6.30. The Hall–Kier alpha value is -1.10. The lowest BCUT2D eigenvalue weighted by molar-refractivity contribution is -0.116. The van der Waals surface area contributed by atoms with Gasteiger partial charge in [-0.1, -0.05) is 24.6 Å². The van der Waals surface area contributed by atoms with Gasteiger partial charge in [0.25, 0.3) is 0 Å². The lowest BCUT2D eigenvalue weighted by Gasteiger charge is -2.23. The number of likely N-dealkylation sites (N-methyl/N-ethyl adjacent to an activating group) is 1. The SMILES string of the molecule is CCN(CCC(=O)Nc1cccc(Cl)c1)CC1CCCN1. The van der Waals surface area contributed by atoms with Crippen molar-refractivity contribution >= 4 is 23.2 Å². The molecule has 2 N–H and O–H groups in total. The number of halogens is 1. The van der Waals surface area contributed by atoms with Gasteiger partial charge in [0.15, 0.2) is 0 Å². The largest absolute Gasteiger partial charge is 0.326 e. The van der Waals surface area contributed by atoms with E-state index in [4.69, 9.17) is 11.6 Å². The van der Waals surface area contributed by atoms with Crippen LogP contribution in [-0.2, 0) is 4.79 Å². The molecule has 2 rings (SSSR count). The lowest BCUT2D eigenvalue weighted by atomic mass is 10.2. The minimum absolute atomic E-state index is 0.0371. The predicted molar refractivity (Wildman–Crippen MR) is 87.8 cm³/mol. The van der Waals surface area contributed by atoms with Gasteiger partial charge in [-0.25, -0.2) is 0 Å². The maximum Gasteiger partial charge on any atom is 0.225 e. The Morgan fingerprint density at radius 2 is 2.38 bits per heavy atom. The minimum Gasteiger partial charge on any atom is -0.326 e. The Labute approximate surface area is 131 Å². The Morgan fingerprint density at radius 1 is 1.52 bits per heavy atom. The summed E-state index contributed by atoms with van der Waals surface area (Å²) in [4.78, 5) is 14.3. The molecule has 1 aliphatic rings. The number of amides is 1. The Bertz CT molecular complexity index is 461. The van der Waals surface area contributed by atoms with E-state index in [0.29, 0.717) is 17.5 Å². The van der Waals surface area contributed by atoms with Crippen molar-refractivity contribution in [3.05, 3.63) is 29.3 Å². The first-order chi connectivity index (χ1) is 10.2. The molecule has 1 heterocycles. The highest BCUT2D eigenvalue weighted by Crippen LogP contribution is 2.15. The van der Waals surface area contributed by atoms with E-state index < -0.39 is 0 Å². The van der Waals surface area contributed by atoms with Crippen LogP contribution in [0.15, 0.2) is 24.3 Å². The molecular weight excluding hydrogens is 286 g/mol. The highest BCUT2D eigenvalue weighted by atomic mass is 35.5. The van der Waals surface area contributed by atoms with Crippen molar-refractivity contribution in [3.63, 3.8) is 0 Å². The first-order valence-corrected chi connectivity index (χ1v) is 8.06. The maximum atomic E-state index is 12.0. The topological polar surface area (TPSA) is 44.4 Å². The van der Waals surface area contributed by atoms with Crippen molar-refractivity contribution in [2.45, 2.75) is 32.2 Å². The molecule has 0 bridgehead atoms. The van der Waals surface area contributed by atoms with Crippen LogP contribution in [0.2, 0.25) is 5.02 Å². The molecule has 0 radical (unpaired) electrons. The van der Waals surface area contributed by atoms with E-state index >= 15 is 0 Å². The minimum atomic E-state index is 0.0371. The normalized spacial score (nSPS) is 18.1. The molecule has 1 atom stereocenters. The Balaban J connectivity index is 1.73. The van der Waals surface area contributed by atoms with Crippen molar-refractivity contribution in [1.29, 1.82) is 0 Å². The van der Waals surface area contributed by atoms with Crippen LogP contribution >= 0.6 is 11.6 Å². The number of carbonyl (C=O) groups excluding carboxylic acids is 1. The Kier molecular flexibility index (Phi) is 6.49. The number of hydrogen-bond acceptors (Lipinski definition) is 3. The van der Waals surface area contributed by atoms with E-state index in [2.05, 4.69) is 22.5 Å². The van der Waals surface area contributed by atoms with E-state index in [0.717, 1.165) is 31.9 Å². The average molecular weight is 310 g/mol. The second kappa shape index (κ2) is 8.37. The third-order valence-electron chi connectivity index (χ3n) is 3.85. The molecule has 116 valence electrons. The number of carbonyl (C=O) groups is 1. The molecule has 4 nitrogen and oxygen atoms in total. The summed E-state index contributed by atoms with van der Waals surface area (Å²) in [5.41, 5.74) is 0.757. The van der Waals surface area contributed by atoms with E-state index in [1.807, 2.05) is 12.1 Å². The number of anilines is 1. The number of benzene rings is 1. The van der Waals surface area contributed by atoms with Gasteiger partial charge in [-0.2, -0.15) is 0 Å². The fraction of sp³-hybridized carbons (Fsp3) is 0.562. The van der Waals surface area contributed by atoms with E-state index in [9.17, 15) is 4.79 Å². The van der Waals surface area contributed by atoms with Crippen LogP contribution in [0.4, 0.5) is 5.69 Å². The van der Waals surface area contributed by atoms with Crippen LogP contribution in [0.25, 0.3) is 0 Å². The van der Waals surface area contributed by atoms with Gasteiger partial charge < -0.3 is 15.5 Å². The first kappa shape index (κ1) is 16.3. The fourth-order valence-corrected chi connectivity index (χ4v) is 2.84. The molecular formula is C16H24ClN3O. The van der Waals surface area contributed by atoms with Crippen molar-refractivity contribution in [2.24, 2.45) is 0 Å². The summed E-state index contributed by atoms with van der Waals surface area (Å²) in [6.07, 6.45) is 3.01. The second-order valence-electron chi connectivity index (χ2n) is 5.50. The molecule has 1 aliphatic heterocycles. The summed E-state index contributed by atoms with van der Waals surface area (Å²) in [7, 11) is 0. The number of nitrogens with one attached hydrogen (secondary N) is 2. The first-order valence-electron chi connectivity index (χ1n) is 7.68. The quantitative estimate of drug-likeness (QED) is 0.814. The van der Waals surface area contributed by atoms with Crippen molar-refractivity contribution in [3.8, 4) is 0 Å². The van der Waals surface area contributed by atoms with Crippen LogP contribution in [0, 0.1) is 0 Å². The molecule has 0 spiro atoms. The molecule has 1 fully saturated rings. The van der Waals surface area contributed by atoms with E-state index in [1.165, 1.54) is 12.8 Å². The molecule has 5 heteroatoms. The zero-order valence-corrected chi connectivity index (χ0v) is 13.3. The number of rotatable bonds is 7. The van der Waals surface area contributed by atoms with Gasteiger partial charge in [0.1, 0.15) is 0 Å². The molecule has 0 saturated carbocycles. The summed E-state index contributed by atoms with van der Waals surface area (Å²) < 4.78 is 0. The van der Waals surface area contributed by atoms with Gasteiger partial charge in [-0.3, -0.25) is 4.79 Å². The maximum absolute atomic E-state index is 12.0. The molecule has 1 saturated heterocycles. The van der Waals surface area contributed by atoms with Gasteiger partial charge in [0.2, 0.25) is 5.91 Å². The van der Waals surface area contributed by atoms with Crippen LogP contribution in [0.5, 0.6) is 0 Å². The number of nitrogens with zero attached hydrogens (tertiary/aromatic N) is 1. The molecule has 1 amide bonds. The molecule has 1 aromatic rings. The van der Waals surface area contributed by atoms with Crippen molar-refractivity contribution in [2.75, 3.05) is 31.5 Å². The third-order valence-corrected chi connectivity index (χ3v) is 4.09. The Morgan fingerprint density at radius 3 is 3.05 bits per heavy atom. The molecule has 0 aromatic heterocycles. The smallest absolute Gasteiger partial charge is 0.225 e. The van der Waals surface area contributed by atoms with Crippen molar-refractivity contribution in [1.82, 2.24) is 10.2 Å². The average Bonchev–Trinajstić information content (AvgIpc) is 2.96. The van der Waals surface area contributed by atoms with Gasteiger partial charge >= 0.3 is 0 Å². The van der Waals surface area contributed by atoms with E-state index in [-0.39, 0.29) is 5.91 Å². The molecule has 1 unspecified atom stereocenters. The van der Waals surface area contributed by atoms with Gasteiger partial charge in [0, 0.05) is 36.3 Å². The standard InChI is InChI=1S/C16H24ClN3O/c1-2-20(12-15-7-4-9-18-15)10-8-16(21)19-14-6-3-5-13(17)11-14/h3,5-6,11,15,18H,2,4,7-10,12H2,1H3,(H,19,21). The van der Waals surface area contributed by atoms with Gasteiger partial charge in [-0.05, 0) is 44.1 Å². The second-order valence-corrected chi connectivity index (χ2v) is 5.93. The molecule has 1 aromatic carbocycles. The lowest BCUT2D eigenvalue weighted by Crippen LogP contribution is -2.38. The van der Waals surface area contributed by atoms with Gasteiger partial charge in [0.05, 0.1) is 0 Å². The van der Waals surface area contributed by atoms with Crippen LogP contribution < -0.4 is 10.6 Å². The summed E-state index contributed by atoms with van der Waals surface area (Å²) in [6, 6.07) is 7.83. The van der Waals surface area contributed by atoms with Crippen LogP contribution in [-0.4, -0.2) is 43.0 Å². The van der Waals surface area contributed by atoms with E-state index in [1.54, 1.807) is 12.1 Å². The molecule has 0 aliphatic carbocycles. The third kappa shape index (κ3) is 5.65. The monoisotopic (exact) mass is 309 g/mol.